The van der Waals surface area contributed by atoms with Crippen molar-refractivity contribution < 1.29 is 14.4 Å². The minimum atomic E-state index is -0.348. The van der Waals surface area contributed by atoms with Gasteiger partial charge in [0, 0.05) is 6.42 Å². The molecule has 1 aromatic carbocycles. The summed E-state index contributed by atoms with van der Waals surface area (Å²) in [6.45, 7) is 0.606. The van der Waals surface area contributed by atoms with Crippen molar-refractivity contribution >= 4 is 23.1 Å². The van der Waals surface area contributed by atoms with E-state index in [4.69, 9.17) is 15.3 Å². The number of ether oxygens (including phenoxy) is 1. The molecule has 0 unspecified atom stereocenters. The highest BCUT2D eigenvalue weighted by Gasteiger charge is 2.07. The summed E-state index contributed by atoms with van der Waals surface area (Å²) >= 11 is 0. The standard InChI is InChI=1S/C15H15N5O3/c16-15-17-9-12-13(19-15)20(10-18-12)23-8-4-7-22-14(21)11-5-2-1-3-6-11/h1-3,5-6,9-10H,4,7-8H2,(H2,16,17,19). The molecule has 3 aromatic rings. The number of anilines is 1. The Morgan fingerprint density at radius 2 is 2.00 bits per heavy atom. The number of hydrogen-bond acceptors (Lipinski definition) is 7. The maximum atomic E-state index is 11.7. The van der Waals surface area contributed by atoms with Gasteiger partial charge in [0.05, 0.1) is 18.4 Å². The summed E-state index contributed by atoms with van der Waals surface area (Å²) in [4.78, 5) is 29.3. The van der Waals surface area contributed by atoms with Crippen LogP contribution in [0, 0.1) is 0 Å². The Balaban J connectivity index is 1.46. The third-order valence-corrected chi connectivity index (χ3v) is 3.04. The van der Waals surface area contributed by atoms with E-state index in [1.54, 1.807) is 24.3 Å². The molecule has 0 spiro atoms. The van der Waals surface area contributed by atoms with Gasteiger partial charge in [0.2, 0.25) is 11.6 Å². The summed E-state index contributed by atoms with van der Waals surface area (Å²) in [5, 5.41) is 0. The highest BCUT2D eigenvalue weighted by Crippen LogP contribution is 2.08. The Bertz CT molecular complexity index is 803. The topological polar surface area (TPSA) is 105 Å². The lowest BCUT2D eigenvalue weighted by molar-refractivity contribution is 0.0436. The molecular formula is C15H15N5O3. The van der Waals surface area contributed by atoms with E-state index < -0.39 is 0 Å². The van der Waals surface area contributed by atoms with Crippen LogP contribution in [0.2, 0.25) is 0 Å². The summed E-state index contributed by atoms with van der Waals surface area (Å²) in [7, 11) is 0. The van der Waals surface area contributed by atoms with E-state index in [1.165, 1.54) is 17.3 Å². The van der Waals surface area contributed by atoms with E-state index in [1.807, 2.05) is 6.07 Å². The number of carbonyl (C=O) groups is 1. The van der Waals surface area contributed by atoms with Gasteiger partial charge in [-0.3, -0.25) is 0 Å². The normalized spacial score (nSPS) is 10.6. The molecule has 0 fully saturated rings. The van der Waals surface area contributed by atoms with E-state index in [0.717, 1.165) is 0 Å². The number of carbonyl (C=O) groups excluding carboxylic acids is 1. The number of fused-ring (bicyclic) bond motifs is 1. The average Bonchev–Trinajstić information content (AvgIpc) is 2.97. The molecule has 3 rings (SSSR count). The van der Waals surface area contributed by atoms with E-state index >= 15 is 0 Å². The minimum absolute atomic E-state index is 0.152. The molecule has 8 heteroatoms. The number of hydrogen-bond donors (Lipinski definition) is 1. The number of nitrogens with two attached hydrogens (primary N) is 1. The summed E-state index contributed by atoms with van der Waals surface area (Å²) in [5.41, 5.74) is 7.16. The first kappa shape index (κ1) is 14.8. The number of esters is 1. The fourth-order valence-electron chi connectivity index (χ4n) is 1.94. The largest absolute Gasteiger partial charge is 0.462 e. The van der Waals surface area contributed by atoms with Crippen LogP contribution in [0.1, 0.15) is 16.8 Å². The molecular weight excluding hydrogens is 298 g/mol. The van der Waals surface area contributed by atoms with E-state index in [2.05, 4.69) is 15.0 Å². The van der Waals surface area contributed by atoms with Crippen LogP contribution in [0.4, 0.5) is 5.95 Å². The summed E-state index contributed by atoms with van der Waals surface area (Å²) in [6.07, 6.45) is 3.56. The summed E-state index contributed by atoms with van der Waals surface area (Å²) < 4.78 is 6.59. The zero-order chi connectivity index (χ0) is 16.1. The zero-order valence-corrected chi connectivity index (χ0v) is 12.3. The fraction of sp³-hybridized carbons (Fsp3) is 0.200. The van der Waals surface area contributed by atoms with Gasteiger partial charge in [-0.2, -0.15) is 9.71 Å². The molecule has 8 nitrogen and oxygen atoms in total. The molecule has 0 aliphatic carbocycles. The Kier molecular flexibility index (Phi) is 4.32. The molecule has 2 aromatic heterocycles. The quantitative estimate of drug-likeness (QED) is 0.536. The lowest BCUT2D eigenvalue weighted by atomic mass is 10.2. The van der Waals surface area contributed by atoms with Gasteiger partial charge in [-0.05, 0) is 12.1 Å². The molecule has 2 heterocycles. The van der Waals surface area contributed by atoms with Gasteiger partial charge in [-0.1, -0.05) is 18.2 Å². The second-order valence-corrected chi connectivity index (χ2v) is 4.70. The number of nitrogen functional groups attached to an aromatic ring is 1. The second kappa shape index (κ2) is 6.73. The van der Waals surface area contributed by atoms with Crippen LogP contribution in [0.15, 0.2) is 42.9 Å². The van der Waals surface area contributed by atoms with Gasteiger partial charge < -0.3 is 15.3 Å². The smallest absolute Gasteiger partial charge is 0.338 e. The van der Waals surface area contributed by atoms with E-state index in [9.17, 15) is 4.79 Å². The summed E-state index contributed by atoms with van der Waals surface area (Å²) in [6, 6.07) is 8.84. The second-order valence-electron chi connectivity index (χ2n) is 4.70. The Labute approximate surface area is 131 Å². The minimum Gasteiger partial charge on any atom is -0.462 e. The Morgan fingerprint density at radius 1 is 1.17 bits per heavy atom. The van der Waals surface area contributed by atoms with Crippen molar-refractivity contribution in [3.05, 3.63) is 48.4 Å². The van der Waals surface area contributed by atoms with Crippen molar-refractivity contribution in [2.45, 2.75) is 6.42 Å². The van der Waals surface area contributed by atoms with Crippen molar-refractivity contribution in [2.24, 2.45) is 0 Å². The van der Waals surface area contributed by atoms with Crippen LogP contribution in [-0.4, -0.2) is 38.9 Å². The maximum Gasteiger partial charge on any atom is 0.338 e. The molecule has 0 bridgehead atoms. The highest BCUT2D eigenvalue weighted by atomic mass is 16.7. The van der Waals surface area contributed by atoms with E-state index in [0.29, 0.717) is 29.8 Å². The molecule has 0 saturated heterocycles. The molecule has 0 aliphatic rings. The number of aromatic nitrogens is 4. The lowest BCUT2D eigenvalue weighted by Crippen LogP contribution is -2.15. The van der Waals surface area contributed by atoms with Crippen molar-refractivity contribution in [3.63, 3.8) is 0 Å². The molecule has 23 heavy (non-hydrogen) atoms. The van der Waals surface area contributed by atoms with Crippen molar-refractivity contribution in [1.29, 1.82) is 0 Å². The molecule has 118 valence electrons. The van der Waals surface area contributed by atoms with Crippen molar-refractivity contribution in [2.75, 3.05) is 18.9 Å². The first-order valence-corrected chi connectivity index (χ1v) is 7.05. The van der Waals surface area contributed by atoms with Crippen LogP contribution in [0.3, 0.4) is 0 Å². The first-order valence-electron chi connectivity index (χ1n) is 7.05. The highest BCUT2D eigenvalue weighted by molar-refractivity contribution is 5.89. The van der Waals surface area contributed by atoms with Crippen LogP contribution >= 0.6 is 0 Å². The molecule has 0 saturated carbocycles. The van der Waals surface area contributed by atoms with E-state index in [-0.39, 0.29) is 18.5 Å². The lowest BCUT2D eigenvalue weighted by Gasteiger charge is -2.07. The van der Waals surface area contributed by atoms with Gasteiger partial charge in [-0.15, -0.1) is 0 Å². The van der Waals surface area contributed by atoms with Crippen LogP contribution < -0.4 is 10.6 Å². The van der Waals surface area contributed by atoms with Crippen molar-refractivity contribution in [1.82, 2.24) is 19.7 Å². The predicted octanol–water partition coefficient (Wildman–Crippen LogP) is 1.08. The Hall–Kier alpha value is -3.16. The number of nitrogens with zero attached hydrogens (tertiary/aromatic N) is 4. The maximum absolute atomic E-state index is 11.7. The van der Waals surface area contributed by atoms with Gasteiger partial charge in [0.15, 0.2) is 0 Å². The number of benzene rings is 1. The molecule has 0 aliphatic heterocycles. The third-order valence-electron chi connectivity index (χ3n) is 3.04. The number of rotatable bonds is 6. The average molecular weight is 313 g/mol. The molecule has 2 N–H and O–H groups in total. The van der Waals surface area contributed by atoms with Gasteiger partial charge in [0.25, 0.3) is 0 Å². The van der Waals surface area contributed by atoms with Crippen LogP contribution in [-0.2, 0) is 4.74 Å². The predicted molar refractivity (Wildman–Crippen MR) is 82.5 cm³/mol. The van der Waals surface area contributed by atoms with Gasteiger partial charge >= 0.3 is 5.97 Å². The van der Waals surface area contributed by atoms with Gasteiger partial charge in [0.1, 0.15) is 18.5 Å². The number of imidazole rings is 1. The SMILES string of the molecule is Nc1ncc2ncn(OCCCOC(=O)c3ccccc3)c2n1. The fourth-order valence-corrected chi connectivity index (χ4v) is 1.94. The van der Waals surface area contributed by atoms with Crippen LogP contribution in [0.25, 0.3) is 11.2 Å². The van der Waals surface area contributed by atoms with Gasteiger partial charge in [-0.25, -0.2) is 14.8 Å². The molecule has 0 amide bonds. The monoisotopic (exact) mass is 313 g/mol. The Morgan fingerprint density at radius 3 is 2.83 bits per heavy atom. The third kappa shape index (κ3) is 3.54. The molecule has 0 radical (unpaired) electrons. The molecule has 0 atom stereocenters. The van der Waals surface area contributed by atoms with Crippen molar-refractivity contribution in [3.8, 4) is 0 Å². The first-order chi connectivity index (χ1) is 11.2. The van der Waals surface area contributed by atoms with Crippen LogP contribution in [0.5, 0.6) is 0 Å². The zero-order valence-electron chi connectivity index (χ0n) is 12.3. The summed E-state index contributed by atoms with van der Waals surface area (Å²) in [5.74, 6) is -0.196.